The molecule has 156 valence electrons. The fourth-order valence-electron chi connectivity index (χ4n) is 3.23. The van der Waals surface area contributed by atoms with E-state index in [2.05, 4.69) is 48.7 Å². The number of benzene rings is 2. The van der Waals surface area contributed by atoms with Gasteiger partial charge in [0.1, 0.15) is 6.54 Å². The van der Waals surface area contributed by atoms with Crippen LogP contribution in [0.25, 0.3) is 0 Å². The first-order valence-electron chi connectivity index (χ1n) is 10.2. The van der Waals surface area contributed by atoms with Gasteiger partial charge in [-0.05, 0) is 43.4 Å². The first-order chi connectivity index (χ1) is 13.7. The molecule has 0 saturated carbocycles. The molecule has 1 unspecified atom stereocenters. The highest BCUT2D eigenvalue weighted by Crippen LogP contribution is 2.19. The lowest BCUT2D eigenvalue weighted by molar-refractivity contribution is -0.908. The maximum absolute atomic E-state index is 12.5. The number of carbonyl (C=O) groups is 2. The highest BCUT2D eigenvalue weighted by molar-refractivity contribution is 5.96. The Morgan fingerprint density at radius 1 is 0.966 bits per heavy atom. The highest BCUT2D eigenvalue weighted by Gasteiger charge is 2.22. The van der Waals surface area contributed by atoms with E-state index in [9.17, 15) is 9.59 Å². The second-order valence-corrected chi connectivity index (χ2v) is 8.17. The van der Waals surface area contributed by atoms with Crippen LogP contribution in [0.3, 0.4) is 0 Å². The molecule has 0 aliphatic carbocycles. The van der Waals surface area contributed by atoms with Crippen LogP contribution in [-0.2, 0) is 16.1 Å². The van der Waals surface area contributed by atoms with Gasteiger partial charge >= 0.3 is 0 Å². The van der Waals surface area contributed by atoms with Crippen molar-refractivity contribution >= 4 is 17.5 Å². The number of amides is 2. The fourth-order valence-corrected chi connectivity index (χ4v) is 3.23. The van der Waals surface area contributed by atoms with Gasteiger partial charge in [0.05, 0.1) is 13.6 Å². The van der Waals surface area contributed by atoms with Gasteiger partial charge in [-0.1, -0.05) is 56.3 Å². The molecule has 3 N–H and O–H groups in total. The minimum absolute atomic E-state index is 0.0344. The number of carbonyl (C=O) groups excluding carboxylic acids is 2. The lowest BCUT2D eigenvalue weighted by Gasteiger charge is -2.21. The monoisotopic (exact) mass is 396 g/mol. The SMILES string of the molecule is Cc1cccc(C)c1NC(=O)CNC(=O)[C@@H](C)[NH+](C)Cc1ccc(C(C)C)cc1. The third-order valence-corrected chi connectivity index (χ3v) is 5.43. The van der Waals surface area contributed by atoms with Crippen LogP contribution >= 0.6 is 0 Å². The van der Waals surface area contributed by atoms with Gasteiger partial charge in [0.15, 0.2) is 6.04 Å². The van der Waals surface area contributed by atoms with Crippen LogP contribution in [0.5, 0.6) is 0 Å². The van der Waals surface area contributed by atoms with E-state index in [1.807, 2.05) is 46.0 Å². The predicted octanol–water partition coefficient (Wildman–Crippen LogP) is 2.58. The number of anilines is 1. The van der Waals surface area contributed by atoms with Crippen LogP contribution < -0.4 is 15.5 Å². The summed E-state index contributed by atoms with van der Waals surface area (Å²) in [5.74, 6) is 0.163. The van der Waals surface area contributed by atoms with E-state index in [0.29, 0.717) is 5.92 Å². The average Bonchev–Trinajstić information content (AvgIpc) is 2.68. The summed E-state index contributed by atoms with van der Waals surface area (Å²) in [6.45, 7) is 10.9. The molecule has 0 aliphatic rings. The van der Waals surface area contributed by atoms with Gasteiger partial charge in [-0.3, -0.25) is 9.59 Å². The molecule has 0 fully saturated rings. The van der Waals surface area contributed by atoms with Crippen LogP contribution in [-0.4, -0.2) is 31.4 Å². The quantitative estimate of drug-likeness (QED) is 0.642. The number of aryl methyl sites for hydroxylation is 2. The van der Waals surface area contributed by atoms with E-state index in [-0.39, 0.29) is 24.4 Å². The maximum Gasteiger partial charge on any atom is 0.278 e. The second-order valence-electron chi connectivity index (χ2n) is 8.17. The smallest absolute Gasteiger partial charge is 0.278 e. The topological polar surface area (TPSA) is 62.6 Å². The lowest BCUT2D eigenvalue weighted by Crippen LogP contribution is -3.12. The molecule has 0 heterocycles. The van der Waals surface area contributed by atoms with Gasteiger partial charge in [0.2, 0.25) is 5.91 Å². The normalized spacial score (nSPS) is 13.1. The molecule has 2 rings (SSSR count). The molecule has 2 amide bonds. The summed E-state index contributed by atoms with van der Waals surface area (Å²) in [5.41, 5.74) is 5.33. The molecule has 0 radical (unpaired) electrons. The fraction of sp³-hybridized carbons (Fsp3) is 0.417. The Hall–Kier alpha value is -2.66. The molecule has 0 bridgehead atoms. The lowest BCUT2D eigenvalue weighted by atomic mass is 10.0. The number of quaternary nitrogens is 1. The Morgan fingerprint density at radius 2 is 1.55 bits per heavy atom. The average molecular weight is 397 g/mol. The largest absolute Gasteiger partial charge is 0.342 e. The van der Waals surface area contributed by atoms with Crippen LogP contribution in [0.15, 0.2) is 42.5 Å². The summed E-state index contributed by atoms with van der Waals surface area (Å²) in [6, 6.07) is 14.2. The van der Waals surface area contributed by atoms with Crippen LogP contribution in [0.4, 0.5) is 5.69 Å². The van der Waals surface area contributed by atoms with E-state index < -0.39 is 0 Å². The van der Waals surface area contributed by atoms with Gasteiger partial charge < -0.3 is 15.5 Å². The summed E-state index contributed by atoms with van der Waals surface area (Å²) in [6.07, 6.45) is 0. The van der Waals surface area contributed by atoms with Crippen LogP contribution in [0.1, 0.15) is 48.9 Å². The highest BCUT2D eigenvalue weighted by atomic mass is 16.2. The first-order valence-corrected chi connectivity index (χ1v) is 10.2. The van der Waals surface area contributed by atoms with Gasteiger partial charge in [-0.25, -0.2) is 0 Å². The van der Waals surface area contributed by atoms with E-state index in [1.54, 1.807) is 0 Å². The predicted molar refractivity (Wildman–Crippen MR) is 118 cm³/mol. The number of para-hydroxylation sites is 1. The van der Waals surface area contributed by atoms with Gasteiger partial charge in [-0.15, -0.1) is 0 Å². The Kier molecular flexibility index (Phi) is 7.97. The van der Waals surface area contributed by atoms with Crippen molar-refractivity contribution in [2.45, 2.75) is 53.1 Å². The van der Waals surface area contributed by atoms with E-state index in [1.165, 1.54) is 11.1 Å². The van der Waals surface area contributed by atoms with Crippen LogP contribution in [0.2, 0.25) is 0 Å². The van der Waals surface area contributed by atoms with E-state index in [0.717, 1.165) is 28.3 Å². The standard InChI is InChI=1S/C24H33N3O2/c1-16(2)21-12-10-20(11-13-21)15-27(6)19(5)24(29)25-14-22(28)26-23-17(3)8-7-9-18(23)4/h7-13,16,19H,14-15H2,1-6H3,(H,25,29)(H,26,28)/p+1/t19-/m1/s1. The molecular formula is C24H34N3O2+. The number of rotatable bonds is 8. The van der Waals surface area contributed by atoms with Crippen molar-refractivity contribution in [1.29, 1.82) is 0 Å². The van der Waals surface area contributed by atoms with Crippen molar-refractivity contribution < 1.29 is 14.5 Å². The van der Waals surface area contributed by atoms with Crippen molar-refractivity contribution in [3.05, 3.63) is 64.7 Å². The first kappa shape index (κ1) is 22.6. The third-order valence-electron chi connectivity index (χ3n) is 5.43. The van der Waals surface area contributed by atoms with Crippen molar-refractivity contribution in [3.8, 4) is 0 Å². The number of hydrogen-bond donors (Lipinski definition) is 3. The number of nitrogens with one attached hydrogen (secondary N) is 3. The summed E-state index contributed by atoms with van der Waals surface area (Å²) in [4.78, 5) is 25.8. The molecule has 5 nitrogen and oxygen atoms in total. The van der Waals surface area contributed by atoms with Gasteiger partial charge in [0, 0.05) is 11.3 Å². The molecule has 5 heteroatoms. The molecule has 2 atom stereocenters. The zero-order chi connectivity index (χ0) is 21.6. The summed E-state index contributed by atoms with van der Waals surface area (Å²) in [5, 5.41) is 5.66. The molecule has 0 saturated heterocycles. The second kappa shape index (κ2) is 10.2. The Bertz CT molecular complexity index is 823. The molecule has 0 aromatic heterocycles. The Morgan fingerprint density at radius 3 is 2.10 bits per heavy atom. The summed E-state index contributed by atoms with van der Waals surface area (Å²) >= 11 is 0. The van der Waals surface area contributed by atoms with Gasteiger partial charge in [0.25, 0.3) is 5.91 Å². The number of likely N-dealkylation sites (N-methyl/N-ethyl adjacent to an activating group) is 1. The molecule has 0 spiro atoms. The minimum Gasteiger partial charge on any atom is -0.342 e. The zero-order valence-corrected chi connectivity index (χ0v) is 18.4. The maximum atomic E-state index is 12.5. The molecule has 2 aromatic carbocycles. The summed E-state index contributed by atoms with van der Waals surface area (Å²) in [7, 11) is 2.00. The molecule has 0 aliphatic heterocycles. The minimum atomic E-state index is -0.257. The van der Waals surface area contributed by atoms with Crippen molar-refractivity contribution in [2.24, 2.45) is 0 Å². The Balaban J connectivity index is 1.85. The summed E-state index contributed by atoms with van der Waals surface area (Å²) < 4.78 is 0. The third kappa shape index (κ3) is 6.43. The van der Waals surface area contributed by atoms with Crippen LogP contribution in [0, 0.1) is 13.8 Å². The van der Waals surface area contributed by atoms with Crippen molar-refractivity contribution in [3.63, 3.8) is 0 Å². The van der Waals surface area contributed by atoms with E-state index in [4.69, 9.17) is 0 Å². The molecule has 29 heavy (non-hydrogen) atoms. The van der Waals surface area contributed by atoms with E-state index >= 15 is 0 Å². The Labute approximate surface area is 174 Å². The number of hydrogen-bond acceptors (Lipinski definition) is 2. The zero-order valence-electron chi connectivity index (χ0n) is 18.4. The molecule has 2 aromatic rings. The molecular weight excluding hydrogens is 362 g/mol. The van der Waals surface area contributed by atoms with Crippen molar-refractivity contribution in [1.82, 2.24) is 5.32 Å². The van der Waals surface area contributed by atoms with Gasteiger partial charge in [-0.2, -0.15) is 0 Å². The van der Waals surface area contributed by atoms with Crippen molar-refractivity contribution in [2.75, 3.05) is 18.9 Å².